The Labute approximate surface area is 128 Å². The molecule has 1 aromatic rings. The van der Waals surface area contributed by atoms with Crippen LogP contribution in [0.4, 0.5) is 0 Å². The van der Waals surface area contributed by atoms with Crippen molar-refractivity contribution < 1.29 is 4.74 Å². The molecule has 0 aromatic heterocycles. The molecule has 118 valence electrons. The molecule has 0 amide bonds. The molecule has 0 unspecified atom stereocenters. The molecule has 2 rings (SSSR count). The molecule has 0 spiro atoms. The van der Waals surface area contributed by atoms with E-state index in [-0.39, 0.29) is 5.54 Å². The minimum atomic E-state index is 0.272. The van der Waals surface area contributed by atoms with Crippen molar-refractivity contribution in [3.63, 3.8) is 0 Å². The van der Waals surface area contributed by atoms with Crippen molar-refractivity contribution in [3.8, 4) is 5.75 Å². The first-order valence-corrected chi connectivity index (χ1v) is 7.87. The van der Waals surface area contributed by atoms with Crippen molar-refractivity contribution in [2.24, 2.45) is 5.73 Å². The second kappa shape index (κ2) is 7.25. The molecule has 0 aliphatic carbocycles. The molecule has 0 bridgehead atoms. The molecule has 4 heteroatoms. The van der Waals surface area contributed by atoms with Gasteiger partial charge in [-0.15, -0.1) is 0 Å². The molecule has 0 radical (unpaired) electrons. The lowest BCUT2D eigenvalue weighted by Crippen LogP contribution is -2.57. The molecule has 21 heavy (non-hydrogen) atoms. The van der Waals surface area contributed by atoms with Crippen LogP contribution in [0.3, 0.4) is 0 Å². The minimum Gasteiger partial charge on any atom is -0.494 e. The number of rotatable bonds is 6. The summed E-state index contributed by atoms with van der Waals surface area (Å²) in [4.78, 5) is 4.98. The first kappa shape index (κ1) is 16.3. The van der Waals surface area contributed by atoms with E-state index in [4.69, 9.17) is 10.5 Å². The highest BCUT2D eigenvalue weighted by Gasteiger charge is 2.30. The third-order valence-corrected chi connectivity index (χ3v) is 4.42. The van der Waals surface area contributed by atoms with Gasteiger partial charge in [-0.3, -0.25) is 4.90 Å². The van der Waals surface area contributed by atoms with Gasteiger partial charge in [0.1, 0.15) is 5.75 Å². The SMILES string of the molecule is CN1CCN(CCCOc2cccc(CN)c2)CC1(C)C. The number of likely N-dealkylation sites (N-methyl/N-ethyl adjacent to an activating group) is 1. The number of nitrogens with zero attached hydrogens (tertiary/aromatic N) is 2. The molecule has 1 aliphatic rings. The number of nitrogens with two attached hydrogens (primary N) is 1. The molecular formula is C17H29N3O. The van der Waals surface area contributed by atoms with Crippen LogP contribution in [0.2, 0.25) is 0 Å². The summed E-state index contributed by atoms with van der Waals surface area (Å²) in [6, 6.07) is 8.05. The van der Waals surface area contributed by atoms with E-state index >= 15 is 0 Å². The van der Waals surface area contributed by atoms with Crippen LogP contribution >= 0.6 is 0 Å². The number of benzene rings is 1. The van der Waals surface area contributed by atoms with Crippen LogP contribution in [0.25, 0.3) is 0 Å². The average molecular weight is 291 g/mol. The molecule has 1 aliphatic heterocycles. The van der Waals surface area contributed by atoms with Gasteiger partial charge in [0.2, 0.25) is 0 Å². The zero-order valence-corrected chi connectivity index (χ0v) is 13.6. The molecular weight excluding hydrogens is 262 g/mol. The van der Waals surface area contributed by atoms with Crippen molar-refractivity contribution >= 4 is 0 Å². The number of ether oxygens (including phenoxy) is 1. The lowest BCUT2D eigenvalue weighted by molar-refractivity contribution is 0.0377. The standard InChI is InChI=1S/C17H29N3O/c1-17(2)14-20(10-9-19(17)3)8-5-11-21-16-7-4-6-15(12-16)13-18/h4,6-7,12H,5,8-11,13-14,18H2,1-3H3. The summed E-state index contributed by atoms with van der Waals surface area (Å²) in [5.74, 6) is 0.927. The summed E-state index contributed by atoms with van der Waals surface area (Å²) < 4.78 is 5.82. The predicted octanol–water partition coefficient (Wildman–Crippen LogP) is 1.94. The summed E-state index contributed by atoms with van der Waals surface area (Å²) >= 11 is 0. The van der Waals surface area contributed by atoms with Gasteiger partial charge in [-0.2, -0.15) is 0 Å². The molecule has 1 aromatic carbocycles. The molecule has 0 saturated carbocycles. The second-order valence-corrected chi connectivity index (χ2v) is 6.56. The Balaban J connectivity index is 1.70. The van der Waals surface area contributed by atoms with E-state index in [1.165, 1.54) is 0 Å². The van der Waals surface area contributed by atoms with Crippen LogP contribution in [0.1, 0.15) is 25.8 Å². The van der Waals surface area contributed by atoms with Crippen LogP contribution in [0.5, 0.6) is 5.75 Å². The Bertz CT molecular complexity index is 447. The van der Waals surface area contributed by atoms with Gasteiger partial charge in [0.15, 0.2) is 0 Å². The quantitative estimate of drug-likeness (QED) is 0.813. The summed E-state index contributed by atoms with van der Waals surface area (Å²) in [5.41, 5.74) is 7.03. The summed E-state index contributed by atoms with van der Waals surface area (Å²) in [6.07, 6.45) is 1.06. The Morgan fingerprint density at radius 1 is 1.29 bits per heavy atom. The zero-order chi connectivity index (χ0) is 15.3. The highest BCUT2D eigenvalue weighted by atomic mass is 16.5. The number of hydrogen-bond acceptors (Lipinski definition) is 4. The summed E-state index contributed by atoms with van der Waals surface area (Å²) in [6.45, 7) is 10.5. The highest BCUT2D eigenvalue weighted by Crippen LogP contribution is 2.19. The fourth-order valence-corrected chi connectivity index (χ4v) is 2.77. The van der Waals surface area contributed by atoms with E-state index < -0.39 is 0 Å². The molecule has 1 saturated heterocycles. The molecule has 2 N–H and O–H groups in total. The minimum absolute atomic E-state index is 0.272. The van der Waals surface area contributed by atoms with Crippen LogP contribution in [0, 0.1) is 0 Å². The van der Waals surface area contributed by atoms with E-state index in [2.05, 4.69) is 30.7 Å². The Hall–Kier alpha value is -1.10. The fraction of sp³-hybridized carbons (Fsp3) is 0.647. The van der Waals surface area contributed by atoms with Crippen LogP contribution in [-0.4, -0.2) is 55.2 Å². The monoisotopic (exact) mass is 291 g/mol. The van der Waals surface area contributed by atoms with Crippen molar-refractivity contribution in [1.82, 2.24) is 9.80 Å². The van der Waals surface area contributed by atoms with E-state index in [0.717, 1.165) is 50.5 Å². The van der Waals surface area contributed by atoms with Gasteiger partial charge in [0.05, 0.1) is 6.61 Å². The topological polar surface area (TPSA) is 41.7 Å². The van der Waals surface area contributed by atoms with Gasteiger partial charge in [-0.25, -0.2) is 0 Å². The van der Waals surface area contributed by atoms with Crippen molar-refractivity contribution in [2.45, 2.75) is 32.4 Å². The van der Waals surface area contributed by atoms with Gasteiger partial charge in [-0.05, 0) is 45.0 Å². The smallest absolute Gasteiger partial charge is 0.119 e. The van der Waals surface area contributed by atoms with E-state index in [1.807, 2.05) is 24.3 Å². The van der Waals surface area contributed by atoms with Crippen molar-refractivity contribution in [1.29, 1.82) is 0 Å². The second-order valence-electron chi connectivity index (χ2n) is 6.56. The maximum Gasteiger partial charge on any atom is 0.119 e. The largest absolute Gasteiger partial charge is 0.494 e. The van der Waals surface area contributed by atoms with Crippen molar-refractivity contribution in [2.75, 3.05) is 39.8 Å². The summed E-state index contributed by atoms with van der Waals surface area (Å²) in [5, 5.41) is 0. The third-order valence-electron chi connectivity index (χ3n) is 4.42. The van der Waals surface area contributed by atoms with E-state index in [9.17, 15) is 0 Å². The maximum atomic E-state index is 5.82. The van der Waals surface area contributed by atoms with E-state index in [0.29, 0.717) is 6.54 Å². The molecule has 4 nitrogen and oxygen atoms in total. The highest BCUT2D eigenvalue weighted by molar-refractivity contribution is 5.28. The first-order valence-electron chi connectivity index (χ1n) is 7.87. The number of piperazine rings is 1. The Kier molecular flexibility index (Phi) is 5.62. The third kappa shape index (κ3) is 4.70. The Morgan fingerprint density at radius 2 is 2.10 bits per heavy atom. The lowest BCUT2D eigenvalue weighted by Gasteiger charge is -2.45. The summed E-state index contributed by atoms with van der Waals surface area (Å²) in [7, 11) is 2.21. The van der Waals surface area contributed by atoms with Gasteiger partial charge >= 0.3 is 0 Å². The van der Waals surface area contributed by atoms with Crippen LogP contribution in [0.15, 0.2) is 24.3 Å². The molecule has 1 heterocycles. The molecule has 0 atom stereocenters. The van der Waals surface area contributed by atoms with E-state index in [1.54, 1.807) is 0 Å². The normalized spacial score (nSPS) is 19.6. The molecule has 1 fully saturated rings. The zero-order valence-electron chi connectivity index (χ0n) is 13.6. The van der Waals surface area contributed by atoms with Gasteiger partial charge in [0.25, 0.3) is 0 Å². The van der Waals surface area contributed by atoms with Gasteiger partial charge in [-0.1, -0.05) is 12.1 Å². The number of hydrogen-bond donors (Lipinski definition) is 1. The lowest BCUT2D eigenvalue weighted by atomic mass is 10.00. The van der Waals surface area contributed by atoms with Gasteiger partial charge in [0, 0.05) is 38.3 Å². The Morgan fingerprint density at radius 3 is 2.81 bits per heavy atom. The average Bonchev–Trinajstić information content (AvgIpc) is 2.47. The predicted molar refractivity (Wildman–Crippen MR) is 87.6 cm³/mol. The first-order chi connectivity index (χ1) is 10.0. The van der Waals surface area contributed by atoms with Crippen molar-refractivity contribution in [3.05, 3.63) is 29.8 Å². The van der Waals surface area contributed by atoms with Crippen LogP contribution < -0.4 is 10.5 Å². The maximum absolute atomic E-state index is 5.82. The van der Waals surface area contributed by atoms with Crippen LogP contribution in [-0.2, 0) is 6.54 Å². The van der Waals surface area contributed by atoms with Gasteiger partial charge < -0.3 is 15.4 Å². The fourth-order valence-electron chi connectivity index (χ4n) is 2.77.